The van der Waals surface area contributed by atoms with Crippen molar-refractivity contribution in [3.05, 3.63) is 65.7 Å². The molecule has 1 N–H and O–H groups in total. The first-order chi connectivity index (χ1) is 12.2. The van der Waals surface area contributed by atoms with Gasteiger partial charge >= 0.3 is 5.97 Å². The number of phenolic OH excluding ortho intramolecular Hbond substituents is 1. The minimum absolute atomic E-state index is 0. The lowest BCUT2D eigenvalue weighted by atomic mass is 9.78. The summed E-state index contributed by atoms with van der Waals surface area (Å²) in [6.45, 7) is 9.85. The molecule has 0 aliphatic rings. The maximum Gasteiger partial charge on any atom is 0.312 e. The molecule has 0 saturated carbocycles. The Balaban J connectivity index is -0.00000182. The Labute approximate surface area is 186 Å². The second kappa shape index (κ2) is 13.1. The van der Waals surface area contributed by atoms with Gasteiger partial charge in [-0.15, -0.1) is 0 Å². The molecule has 0 radical (unpaired) electrons. The van der Waals surface area contributed by atoms with Crippen molar-refractivity contribution in [3.63, 3.8) is 0 Å². The van der Waals surface area contributed by atoms with Crippen molar-refractivity contribution in [2.45, 2.75) is 88.7 Å². The molecule has 0 fully saturated rings. The van der Waals surface area contributed by atoms with Gasteiger partial charge in [0, 0.05) is 0 Å². The Morgan fingerprint density at radius 3 is 1.87 bits per heavy atom. The van der Waals surface area contributed by atoms with Crippen molar-refractivity contribution in [1.82, 2.24) is 0 Å². The Morgan fingerprint density at radius 2 is 1.40 bits per heavy atom. The minimum Gasteiger partial charge on any atom is -0.508 e. The second-order valence-corrected chi connectivity index (χ2v) is 8.05. The van der Waals surface area contributed by atoms with Crippen molar-refractivity contribution in [2.24, 2.45) is 5.41 Å². The summed E-state index contributed by atoms with van der Waals surface area (Å²) in [6, 6.07) is 17.1. The van der Waals surface area contributed by atoms with Crippen LogP contribution in [0, 0.1) is 5.41 Å². The van der Waals surface area contributed by atoms with Gasteiger partial charge in [0.15, 0.2) is 0 Å². The van der Waals surface area contributed by atoms with E-state index in [0.717, 1.165) is 17.5 Å². The van der Waals surface area contributed by atoms with Crippen LogP contribution in [0.2, 0.25) is 0 Å². The highest BCUT2D eigenvalue weighted by atomic mass is 16.6. The van der Waals surface area contributed by atoms with E-state index in [1.807, 2.05) is 70.2 Å². The molecule has 1 atom stereocenters. The number of aromatic hydroxyl groups is 1. The average molecular weight is 419 g/mol. The number of esters is 1. The van der Waals surface area contributed by atoms with Crippen LogP contribution >= 0.6 is 0 Å². The summed E-state index contributed by atoms with van der Waals surface area (Å²) in [5, 5.41) is 9.49. The largest absolute Gasteiger partial charge is 0.508 e. The fourth-order valence-corrected chi connectivity index (χ4v) is 3.21. The lowest BCUT2D eigenvalue weighted by molar-refractivity contribution is -0.169. The van der Waals surface area contributed by atoms with Crippen molar-refractivity contribution in [1.29, 1.82) is 0 Å². The van der Waals surface area contributed by atoms with E-state index in [9.17, 15) is 9.90 Å². The first kappa shape index (κ1) is 32.4. The topological polar surface area (TPSA) is 46.5 Å². The lowest BCUT2D eigenvalue weighted by Crippen LogP contribution is -2.35. The molecule has 0 aliphatic heterocycles. The van der Waals surface area contributed by atoms with Crippen LogP contribution < -0.4 is 0 Å². The van der Waals surface area contributed by atoms with Gasteiger partial charge in [-0.3, -0.25) is 4.79 Å². The van der Waals surface area contributed by atoms with Gasteiger partial charge in [0.25, 0.3) is 0 Å². The summed E-state index contributed by atoms with van der Waals surface area (Å²) in [6.07, 6.45) is 1.61. The molecule has 2 aromatic rings. The summed E-state index contributed by atoms with van der Waals surface area (Å²) in [7, 11) is 0. The molecule has 3 heteroatoms. The van der Waals surface area contributed by atoms with Crippen LogP contribution in [-0.2, 0) is 15.1 Å². The van der Waals surface area contributed by atoms with Crippen LogP contribution in [0.15, 0.2) is 54.6 Å². The molecule has 30 heavy (non-hydrogen) atoms. The fraction of sp³-hybridized carbons (Fsp3) is 0.519. The number of phenols is 1. The quantitative estimate of drug-likeness (QED) is 0.460. The number of carbonyl (C=O) groups excluding carboxylic acids is 1. The molecule has 0 heterocycles. The number of hydrogen-bond acceptors (Lipinski definition) is 3. The predicted octanol–water partition coefficient (Wildman–Crippen LogP) is 8.33. The predicted molar refractivity (Wildman–Crippen MR) is 132 cm³/mol. The van der Waals surface area contributed by atoms with E-state index >= 15 is 0 Å². The highest BCUT2D eigenvalue weighted by Crippen LogP contribution is 2.37. The van der Waals surface area contributed by atoms with Crippen molar-refractivity contribution in [3.8, 4) is 5.75 Å². The zero-order chi connectivity index (χ0) is 19.4. The van der Waals surface area contributed by atoms with Crippen LogP contribution in [0.4, 0.5) is 0 Å². The number of hydrogen-bond donors (Lipinski definition) is 1. The molecule has 0 aromatic heterocycles. The fourth-order valence-electron chi connectivity index (χ4n) is 3.21. The maximum absolute atomic E-state index is 12.9. The van der Waals surface area contributed by atoms with E-state index < -0.39 is 11.0 Å². The van der Waals surface area contributed by atoms with Gasteiger partial charge in [-0.25, -0.2) is 0 Å². The van der Waals surface area contributed by atoms with Crippen LogP contribution in [0.3, 0.4) is 0 Å². The van der Waals surface area contributed by atoms with Crippen LogP contribution in [0.5, 0.6) is 5.75 Å². The average Bonchev–Trinajstić information content (AvgIpc) is 2.61. The molecular weight excluding hydrogens is 372 g/mol. The monoisotopic (exact) mass is 418 g/mol. The van der Waals surface area contributed by atoms with E-state index in [4.69, 9.17) is 4.74 Å². The van der Waals surface area contributed by atoms with Crippen molar-refractivity contribution < 1.29 is 14.6 Å². The van der Waals surface area contributed by atoms with Crippen molar-refractivity contribution >= 4 is 5.97 Å². The van der Waals surface area contributed by atoms with E-state index in [-0.39, 0.29) is 47.3 Å². The van der Waals surface area contributed by atoms with Gasteiger partial charge in [0.2, 0.25) is 0 Å². The van der Waals surface area contributed by atoms with Gasteiger partial charge in [-0.05, 0) is 69.7 Å². The van der Waals surface area contributed by atoms with Gasteiger partial charge in [0.1, 0.15) is 11.4 Å². The second-order valence-electron chi connectivity index (χ2n) is 8.05. The first-order valence-corrected chi connectivity index (χ1v) is 9.23. The zero-order valence-corrected chi connectivity index (χ0v) is 16.5. The van der Waals surface area contributed by atoms with Crippen LogP contribution in [-0.4, -0.2) is 11.1 Å². The summed E-state index contributed by atoms with van der Waals surface area (Å²) < 4.78 is 5.91. The molecule has 0 aliphatic carbocycles. The molecule has 0 amide bonds. The normalized spacial score (nSPS) is 11.5. The lowest BCUT2D eigenvalue weighted by Gasteiger charge is -2.33. The standard InChI is InChI=1S/C23H30O3.4CH4/c1-6-17(18-12-14-20(24)15-13-18)16-22(2,3)21(25)26-23(4,5)19-10-8-7-9-11-19;;;;/h7-15,17,24H,6,16H2,1-5H3;4*1H4. The molecule has 2 aromatic carbocycles. The number of rotatable bonds is 7. The zero-order valence-electron chi connectivity index (χ0n) is 16.5. The number of ether oxygens (including phenoxy) is 1. The smallest absolute Gasteiger partial charge is 0.312 e. The SMILES string of the molecule is C.C.C.C.CCC(CC(C)(C)C(=O)OC(C)(C)c1ccccc1)c1ccc(O)cc1. The van der Waals surface area contributed by atoms with Crippen LogP contribution in [0.25, 0.3) is 0 Å². The molecule has 1 unspecified atom stereocenters. The first-order valence-electron chi connectivity index (χ1n) is 9.23. The third kappa shape index (κ3) is 8.22. The summed E-state index contributed by atoms with van der Waals surface area (Å²) in [5.74, 6) is 0.299. The molecule has 2 rings (SSSR count). The third-order valence-electron chi connectivity index (χ3n) is 4.98. The molecule has 0 saturated heterocycles. The highest BCUT2D eigenvalue weighted by molar-refractivity contribution is 5.76. The summed E-state index contributed by atoms with van der Waals surface area (Å²) in [5.41, 5.74) is 0.837. The maximum atomic E-state index is 12.9. The molecule has 3 nitrogen and oxygen atoms in total. The molecule has 0 spiro atoms. The van der Waals surface area contributed by atoms with Crippen molar-refractivity contribution in [2.75, 3.05) is 0 Å². The molecule has 172 valence electrons. The Hall–Kier alpha value is -2.29. The molecular formula is C27H46O3. The van der Waals surface area contributed by atoms with Gasteiger partial charge in [0.05, 0.1) is 5.41 Å². The van der Waals surface area contributed by atoms with E-state index in [2.05, 4.69) is 6.92 Å². The summed E-state index contributed by atoms with van der Waals surface area (Å²) >= 11 is 0. The Morgan fingerprint density at radius 1 is 0.900 bits per heavy atom. The van der Waals surface area contributed by atoms with Crippen LogP contribution in [0.1, 0.15) is 94.2 Å². The highest BCUT2D eigenvalue weighted by Gasteiger charge is 2.36. The number of benzene rings is 2. The Bertz CT molecular complexity index is 716. The van der Waals surface area contributed by atoms with E-state index in [0.29, 0.717) is 6.42 Å². The van der Waals surface area contributed by atoms with E-state index in [1.54, 1.807) is 12.1 Å². The van der Waals surface area contributed by atoms with Gasteiger partial charge < -0.3 is 9.84 Å². The summed E-state index contributed by atoms with van der Waals surface area (Å²) in [4.78, 5) is 12.9. The Kier molecular flexibility index (Phi) is 14.1. The third-order valence-corrected chi connectivity index (χ3v) is 4.98. The van der Waals surface area contributed by atoms with Gasteiger partial charge in [-0.1, -0.05) is 79.1 Å². The van der Waals surface area contributed by atoms with Gasteiger partial charge in [-0.2, -0.15) is 0 Å². The van der Waals surface area contributed by atoms with E-state index in [1.165, 1.54) is 0 Å². The number of carbonyl (C=O) groups is 1. The molecule has 0 bridgehead atoms. The minimum atomic E-state index is -0.671.